The number of rotatable bonds is 4. The van der Waals surface area contributed by atoms with Crippen molar-refractivity contribution >= 4 is 6.03 Å². The monoisotopic (exact) mass is 263 g/mol. The van der Waals surface area contributed by atoms with Crippen molar-refractivity contribution in [3.63, 3.8) is 0 Å². The molecule has 0 aliphatic carbocycles. The second-order valence-electron chi connectivity index (χ2n) is 5.48. The van der Waals surface area contributed by atoms with Crippen LogP contribution in [0.15, 0.2) is 24.5 Å². The Labute approximate surface area is 113 Å². The van der Waals surface area contributed by atoms with Gasteiger partial charge in [-0.25, -0.2) is 4.79 Å². The fraction of sp³-hybridized carbons (Fsp3) is 0.571. The molecule has 1 aliphatic rings. The highest BCUT2D eigenvalue weighted by atomic mass is 16.3. The van der Waals surface area contributed by atoms with Crippen molar-refractivity contribution in [1.82, 2.24) is 15.2 Å². The summed E-state index contributed by atoms with van der Waals surface area (Å²) in [5, 5.41) is 12.3. The molecule has 2 amide bonds. The predicted molar refractivity (Wildman–Crippen MR) is 72.5 cm³/mol. The Kier molecular flexibility index (Phi) is 4.37. The van der Waals surface area contributed by atoms with Gasteiger partial charge in [-0.05, 0) is 24.0 Å². The van der Waals surface area contributed by atoms with Gasteiger partial charge in [-0.15, -0.1) is 0 Å². The Morgan fingerprint density at radius 1 is 1.58 bits per heavy atom. The van der Waals surface area contributed by atoms with Crippen LogP contribution in [0.25, 0.3) is 0 Å². The van der Waals surface area contributed by atoms with E-state index in [0.717, 1.165) is 12.0 Å². The summed E-state index contributed by atoms with van der Waals surface area (Å²) in [5.41, 5.74) is 1.02. The molecule has 0 unspecified atom stereocenters. The molecule has 5 nitrogen and oxygen atoms in total. The third-order valence-electron chi connectivity index (χ3n) is 3.24. The molecule has 19 heavy (non-hydrogen) atoms. The first-order valence-electron chi connectivity index (χ1n) is 6.69. The Hall–Kier alpha value is -1.62. The maximum atomic E-state index is 12.0. The van der Waals surface area contributed by atoms with Crippen LogP contribution in [0.1, 0.15) is 31.9 Å². The summed E-state index contributed by atoms with van der Waals surface area (Å²) in [6, 6.07) is 3.71. The van der Waals surface area contributed by atoms with Crippen LogP contribution < -0.4 is 5.32 Å². The lowest BCUT2D eigenvalue weighted by atomic mass is 9.98. The van der Waals surface area contributed by atoms with E-state index in [1.54, 1.807) is 17.3 Å². The average Bonchev–Trinajstić information content (AvgIpc) is 2.34. The first kappa shape index (κ1) is 13.8. The topological polar surface area (TPSA) is 65.5 Å². The van der Waals surface area contributed by atoms with Gasteiger partial charge in [0.2, 0.25) is 0 Å². The zero-order valence-corrected chi connectivity index (χ0v) is 11.4. The molecule has 1 fully saturated rings. The van der Waals surface area contributed by atoms with Gasteiger partial charge in [0.05, 0.1) is 25.2 Å². The summed E-state index contributed by atoms with van der Waals surface area (Å²) in [5.74, 6) is 0.479. The molecule has 2 heterocycles. The minimum absolute atomic E-state index is 0.0288. The standard InChI is InChI=1S/C14H21N3O2/c1-10(2)6-13(11-4-3-5-15-7-11)16-14(19)17-8-12(18)9-17/h3-5,7,10,12-13,18H,6,8-9H2,1-2H3,(H,16,19)/t13-/m0/s1. The van der Waals surface area contributed by atoms with Crippen LogP contribution in [0.2, 0.25) is 0 Å². The highest BCUT2D eigenvalue weighted by Gasteiger charge is 2.30. The lowest BCUT2D eigenvalue weighted by Crippen LogP contribution is -2.57. The van der Waals surface area contributed by atoms with Crippen molar-refractivity contribution in [2.24, 2.45) is 5.92 Å². The Morgan fingerprint density at radius 3 is 2.84 bits per heavy atom. The highest BCUT2D eigenvalue weighted by molar-refractivity contribution is 5.75. The van der Waals surface area contributed by atoms with E-state index in [1.165, 1.54) is 0 Å². The van der Waals surface area contributed by atoms with E-state index in [9.17, 15) is 9.90 Å². The number of hydrogen-bond donors (Lipinski definition) is 2. The number of carbonyl (C=O) groups is 1. The molecule has 0 radical (unpaired) electrons. The Morgan fingerprint density at radius 2 is 2.32 bits per heavy atom. The van der Waals surface area contributed by atoms with Gasteiger partial charge in [0.25, 0.3) is 0 Å². The van der Waals surface area contributed by atoms with Gasteiger partial charge in [-0.1, -0.05) is 19.9 Å². The van der Waals surface area contributed by atoms with E-state index >= 15 is 0 Å². The SMILES string of the molecule is CC(C)C[C@H](NC(=O)N1CC(O)C1)c1cccnc1. The van der Waals surface area contributed by atoms with Crippen molar-refractivity contribution in [3.05, 3.63) is 30.1 Å². The molecular formula is C14H21N3O2. The molecule has 2 N–H and O–H groups in total. The number of urea groups is 1. The van der Waals surface area contributed by atoms with Gasteiger partial charge >= 0.3 is 6.03 Å². The molecule has 1 aliphatic heterocycles. The van der Waals surface area contributed by atoms with E-state index in [4.69, 9.17) is 0 Å². The minimum atomic E-state index is -0.368. The average molecular weight is 263 g/mol. The molecule has 0 saturated carbocycles. The molecule has 5 heteroatoms. The first-order valence-corrected chi connectivity index (χ1v) is 6.69. The second-order valence-corrected chi connectivity index (χ2v) is 5.48. The summed E-state index contributed by atoms with van der Waals surface area (Å²) in [6.07, 6.45) is 4.02. The number of aromatic nitrogens is 1. The number of aliphatic hydroxyl groups excluding tert-OH is 1. The molecule has 2 rings (SSSR count). The van der Waals surface area contributed by atoms with Gasteiger partial charge < -0.3 is 15.3 Å². The van der Waals surface area contributed by atoms with Crippen molar-refractivity contribution in [1.29, 1.82) is 0 Å². The largest absolute Gasteiger partial charge is 0.389 e. The molecule has 0 spiro atoms. The zero-order chi connectivity index (χ0) is 13.8. The van der Waals surface area contributed by atoms with Crippen LogP contribution in [0, 0.1) is 5.92 Å². The Balaban J connectivity index is 2.00. The van der Waals surface area contributed by atoms with Crippen LogP contribution >= 0.6 is 0 Å². The molecule has 1 saturated heterocycles. The molecule has 104 valence electrons. The van der Waals surface area contributed by atoms with Crippen LogP contribution in [0.3, 0.4) is 0 Å². The minimum Gasteiger partial charge on any atom is -0.389 e. The number of hydrogen-bond acceptors (Lipinski definition) is 3. The molecule has 1 aromatic heterocycles. The first-order chi connectivity index (χ1) is 9.06. The lowest BCUT2D eigenvalue weighted by molar-refractivity contribution is 0.0255. The number of carbonyl (C=O) groups excluding carboxylic acids is 1. The van der Waals surface area contributed by atoms with Gasteiger partial charge in [-0.2, -0.15) is 0 Å². The van der Waals surface area contributed by atoms with E-state index < -0.39 is 0 Å². The summed E-state index contributed by atoms with van der Waals surface area (Å²) in [7, 11) is 0. The number of amides is 2. The lowest BCUT2D eigenvalue weighted by Gasteiger charge is -2.37. The molecule has 0 bridgehead atoms. The van der Waals surface area contributed by atoms with Crippen molar-refractivity contribution in [3.8, 4) is 0 Å². The zero-order valence-electron chi connectivity index (χ0n) is 11.4. The fourth-order valence-electron chi connectivity index (χ4n) is 2.19. The number of likely N-dealkylation sites (tertiary alicyclic amines) is 1. The van der Waals surface area contributed by atoms with Crippen LogP contribution in [-0.4, -0.2) is 40.2 Å². The van der Waals surface area contributed by atoms with E-state index in [2.05, 4.69) is 24.1 Å². The van der Waals surface area contributed by atoms with E-state index in [1.807, 2.05) is 12.1 Å². The summed E-state index contributed by atoms with van der Waals surface area (Å²) >= 11 is 0. The quantitative estimate of drug-likeness (QED) is 0.866. The van der Waals surface area contributed by atoms with Crippen molar-refractivity contribution in [2.75, 3.05) is 13.1 Å². The number of pyridine rings is 1. The van der Waals surface area contributed by atoms with Crippen molar-refractivity contribution < 1.29 is 9.90 Å². The predicted octanol–water partition coefficient (Wildman–Crippen LogP) is 1.55. The number of nitrogens with zero attached hydrogens (tertiary/aromatic N) is 2. The van der Waals surface area contributed by atoms with Crippen molar-refractivity contribution in [2.45, 2.75) is 32.4 Å². The summed E-state index contributed by atoms with van der Waals surface area (Å²) in [4.78, 5) is 17.7. The van der Waals surface area contributed by atoms with Crippen LogP contribution in [0.5, 0.6) is 0 Å². The highest BCUT2D eigenvalue weighted by Crippen LogP contribution is 2.21. The number of nitrogens with one attached hydrogen (secondary N) is 1. The fourth-order valence-corrected chi connectivity index (χ4v) is 2.19. The molecule has 1 atom stereocenters. The smallest absolute Gasteiger partial charge is 0.318 e. The van der Waals surface area contributed by atoms with Crippen LogP contribution in [0.4, 0.5) is 4.79 Å². The van der Waals surface area contributed by atoms with Gasteiger partial charge in [0.1, 0.15) is 0 Å². The van der Waals surface area contributed by atoms with Gasteiger partial charge in [-0.3, -0.25) is 4.98 Å². The summed E-state index contributed by atoms with van der Waals surface area (Å²) in [6.45, 7) is 5.10. The second kappa shape index (κ2) is 6.02. The maximum absolute atomic E-state index is 12.0. The van der Waals surface area contributed by atoms with Crippen LogP contribution in [-0.2, 0) is 0 Å². The molecule has 0 aromatic carbocycles. The Bertz CT molecular complexity index is 416. The third kappa shape index (κ3) is 3.67. The number of β-amino-alcohol motifs (C(OH)–C–C–N with tert-alkyl or cyclic N) is 1. The van der Waals surface area contributed by atoms with E-state index in [0.29, 0.717) is 19.0 Å². The molecular weight excluding hydrogens is 242 g/mol. The maximum Gasteiger partial charge on any atom is 0.318 e. The summed E-state index contributed by atoms with van der Waals surface area (Å²) < 4.78 is 0. The van der Waals surface area contributed by atoms with Gasteiger partial charge in [0, 0.05) is 12.4 Å². The van der Waals surface area contributed by atoms with E-state index in [-0.39, 0.29) is 18.2 Å². The normalized spacial score (nSPS) is 17.2. The number of aliphatic hydroxyl groups is 1. The molecule has 1 aromatic rings. The third-order valence-corrected chi connectivity index (χ3v) is 3.24. The van der Waals surface area contributed by atoms with Gasteiger partial charge in [0.15, 0.2) is 0 Å².